The molecule has 0 atom stereocenters. The van der Waals surface area contributed by atoms with Crippen molar-refractivity contribution in [3.63, 3.8) is 0 Å². The number of aromatic nitrogens is 2. The number of nitrogens with zero attached hydrogens (tertiary/aromatic N) is 1. The highest BCUT2D eigenvalue weighted by molar-refractivity contribution is 6.31. The Morgan fingerprint density at radius 3 is 2.88 bits per heavy atom. The molecule has 4 rings (SSSR count). The van der Waals surface area contributed by atoms with E-state index in [4.69, 9.17) is 11.6 Å². The molecule has 0 aliphatic carbocycles. The summed E-state index contributed by atoms with van der Waals surface area (Å²) in [6.07, 6.45) is 1.72. The lowest BCUT2D eigenvalue weighted by molar-refractivity contribution is 0.102. The van der Waals surface area contributed by atoms with Crippen LogP contribution in [0.1, 0.15) is 16.1 Å². The molecule has 4 aromatic rings. The number of amides is 1. The van der Waals surface area contributed by atoms with Gasteiger partial charge in [-0.25, -0.2) is 0 Å². The van der Waals surface area contributed by atoms with Gasteiger partial charge in [0.2, 0.25) is 0 Å². The molecule has 2 N–H and O–H groups in total. The minimum atomic E-state index is -0.196. The first-order valence-electron chi connectivity index (χ1n) is 7.56. The van der Waals surface area contributed by atoms with E-state index in [1.165, 1.54) is 0 Å². The van der Waals surface area contributed by atoms with E-state index in [2.05, 4.69) is 15.3 Å². The summed E-state index contributed by atoms with van der Waals surface area (Å²) in [4.78, 5) is 20.3. The second-order valence-corrected chi connectivity index (χ2v) is 6.09. The molecular weight excluding hydrogens is 322 g/mol. The van der Waals surface area contributed by atoms with Crippen molar-refractivity contribution >= 4 is 45.0 Å². The Morgan fingerprint density at radius 2 is 2.00 bits per heavy atom. The summed E-state index contributed by atoms with van der Waals surface area (Å²) in [6.45, 7) is 1.91. The largest absolute Gasteiger partial charge is 0.350 e. The van der Waals surface area contributed by atoms with E-state index >= 15 is 0 Å². The molecule has 0 spiro atoms. The zero-order valence-electron chi connectivity index (χ0n) is 12.9. The third-order valence-electron chi connectivity index (χ3n) is 4.13. The molecule has 0 unspecified atom stereocenters. The molecule has 5 heteroatoms. The van der Waals surface area contributed by atoms with Gasteiger partial charge < -0.3 is 10.3 Å². The highest BCUT2D eigenvalue weighted by atomic mass is 35.5. The van der Waals surface area contributed by atoms with E-state index in [1.54, 1.807) is 12.3 Å². The van der Waals surface area contributed by atoms with E-state index < -0.39 is 0 Å². The highest BCUT2D eigenvalue weighted by Crippen LogP contribution is 2.26. The number of halogens is 1. The van der Waals surface area contributed by atoms with Crippen LogP contribution in [0.3, 0.4) is 0 Å². The number of hydrogen-bond acceptors (Lipinski definition) is 2. The first-order valence-corrected chi connectivity index (χ1v) is 7.94. The topological polar surface area (TPSA) is 57.8 Å². The Bertz CT molecular complexity index is 1080. The number of benzene rings is 2. The van der Waals surface area contributed by atoms with Crippen molar-refractivity contribution in [2.24, 2.45) is 0 Å². The van der Waals surface area contributed by atoms with Crippen LogP contribution in [-0.4, -0.2) is 15.9 Å². The summed E-state index contributed by atoms with van der Waals surface area (Å²) in [5.74, 6) is -0.196. The molecular formula is C19H14ClN3O. The Labute approximate surface area is 143 Å². The number of carbonyl (C=O) groups excluding carboxylic acids is 1. The standard InChI is InChI=1S/C19H14ClN3O/c1-11-14-10-13(20)7-8-15(14)22-17(11)19(24)23-16-6-2-4-12-5-3-9-21-18(12)16/h2-10,22H,1H3,(H,23,24). The van der Waals surface area contributed by atoms with Gasteiger partial charge >= 0.3 is 0 Å². The van der Waals surface area contributed by atoms with Gasteiger partial charge in [0.25, 0.3) is 5.91 Å². The fraction of sp³-hybridized carbons (Fsp3) is 0.0526. The van der Waals surface area contributed by atoms with Crippen LogP contribution in [0.2, 0.25) is 5.02 Å². The van der Waals surface area contributed by atoms with E-state index in [9.17, 15) is 4.79 Å². The molecule has 2 heterocycles. The monoisotopic (exact) mass is 335 g/mol. The molecule has 2 aromatic carbocycles. The number of fused-ring (bicyclic) bond motifs is 2. The molecule has 118 valence electrons. The third-order valence-corrected chi connectivity index (χ3v) is 4.36. The number of carbonyl (C=O) groups is 1. The lowest BCUT2D eigenvalue weighted by Crippen LogP contribution is -2.14. The molecule has 0 saturated heterocycles. The first kappa shape index (κ1) is 14.7. The van der Waals surface area contributed by atoms with Crippen molar-refractivity contribution in [2.75, 3.05) is 5.32 Å². The van der Waals surface area contributed by atoms with Gasteiger partial charge in [0, 0.05) is 27.5 Å². The number of aryl methyl sites for hydroxylation is 1. The van der Waals surface area contributed by atoms with Crippen molar-refractivity contribution in [3.05, 3.63) is 71.0 Å². The molecule has 0 saturated carbocycles. The van der Waals surface area contributed by atoms with E-state index in [1.807, 2.05) is 49.4 Å². The number of hydrogen-bond donors (Lipinski definition) is 2. The fourth-order valence-corrected chi connectivity index (χ4v) is 3.09. The maximum absolute atomic E-state index is 12.7. The first-order chi connectivity index (χ1) is 11.6. The van der Waals surface area contributed by atoms with Gasteiger partial charge in [0.1, 0.15) is 5.69 Å². The minimum absolute atomic E-state index is 0.196. The molecule has 0 fully saturated rings. The van der Waals surface area contributed by atoms with Crippen LogP contribution in [0.5, 0.6) is 0 Å². The van der Waals surface area contributed by atoms with Crippen LogP contribution in [-0.2, 0) is 0 Å². The predicted molar refractivity (Wildman–Crippen MR) is 97.7 cm³/mol. The minimum Gasteiger partial charge on any atom is -0.350 e. The van der Waals surface area contributed by atoms with Crippen molar-refractivity contribution in [3.8, 4) is 0 Å². The molecule has 4 nitrogen and oxygen atoms in total. The molecule has 0 radical (unpaired) electrons. The summed E-state index contributed by atoms with van der Waals surface area (Å²) >= 11 is 6.05. The van der Waals surface area contributed by atoms with E-state index in [0.29, 0.717) is 16.4 Å². The predicted octanol–water partition coefficient (Wildman–Crippen LogP) is 4.93. The number of rotatable bonds is 2. The SMILES string of the molecule is Cc1c(C(=O)Nc2cccc3cccnc23)[nH]c2ccc(Cl)cc12. The average molecular weight is 336 g/mol. The number of para-hydroxylation sites is 1. The van der Waals surface area contributed by atoms with Gasteiger partial charge in [-0.1, -0.05) is 29.8 Å². The van der Waals surface area contributed by atoms with Crippen molar-refractivity contribution in [2.45, 2.75) is 6.92 Å². The van der Waals surface area contributed by atoms with Crippen LogP contribution in [0, 0.1) is 6.92 Å². The maximum atomic E-state index is 12.7. The number of pyridine rings is 1. The Balaban J connectivity index is 1.75. The summed E-state index contributed by atoms with van der Waals surface area (Å²) in [7, 11) is 0. The van der Waals surface area contributed by atoms with E-state index in [-0.39, 0.29) is 5.91 Å². The molecule has 0 aliphatic rings. The molecule has 1 amide bonds. The molecule has 2 aromatic heterocycles. The van der Waals surface area contributed by atoms with Crippen molar-refractivity contribution in [1.29, 1.82) is 0 Å². The van der Waals surface area contributed by atoms with Gasteiger partial charge in [0.05, 0.1) is 11.2 Å². The number of H-pyrrole nitrogens is 1. The summed E-state index contributed by atoms with van der Waals surface area (Å²) in [5, 5.41) is 5.53. The van der Waals surface area contributed by atoms with Crippen LogP contribution >= 0.6 is 11.6 Å². The number of aromatic amines is 1. The Morgan fingerprint density at radius 1 is 1.17 bits per heavy atom. The number of anilines is 1. The van der Waals surface area contributed by atoms with Gasteiger partial charge in [0.15, 0.2) is 0 Å². The zero-order valence-corrected chi connectivity index (χ0v) is 13.7. The van der Waals surface area contributed by atoms with E-state index in [0.717, 1.165) is 27.4 Å². The fourth-order valence-electron chi connectivity index (χ4n) is 2.92. The lowest BCUT2D eigenvalue weighted by Gasteiger charge is -2.07. The molecule has 0 bridgehead atoms. The molecule has 24 heavy (non-hydrogen) atoms. The van der Waals surface area contributed by atoms with Crippen LogP contribution < -0.4 is 5.32 Å². The smallest absolute Gasteiger partial charge is 0.272 e. The average Bonchev–Trinajstić information content (AvgIpc) is 2.92. The third kappa shape index (κ3) is 2.41. The zero-order chi connectivity index (χ0) is 16.7. The summed E-state index contributed by atoms with van der Waals surface area (Å²) in [6, 6.07) is 15.1. The number of nitrogens with one attached hydrogen (secondary N) is 2. The van der Waals surface area contributed by atoms with Gasteiger partial charge in [-0.05, 0) is 42.8 Å². The van der Waals surface area contributed by atoms with Crippen LogP contribution in [0.15, 0.2) is 54.7 Å². The maximum Gasteiger partial charge on any atom is 0.272 e. The van der Waals surface area contributed by atoms with Gasteiger partial charge in [-0.15, -0.1) is 0 Å². The van der Waals surface area contributed by atoms with Gasteiger partial charge in [-0.2, -0.15) is 0 Å². The van der Waals surface area contributed by atoms with Crippen LogP contribution in [0.4, 0.5) is 5.69 Å². The second kappa shape index (κ2) is 5.65. The Hall–Kier alpha value is -2.85. The molecule has 0 aliphatic heterocycles. The normalized spacial score (nSPS) is 11.1. The summed E-state index contributed by atoms with van der Waals surface area (Å²) in [5.41, 5.74) is 3.75. The van der Waals surface area contributed by atoms with Crippen molar-refractivity contribution < 1.29 is 4.79 Å². The summed E-state index contributed by atoms with van der Waals surface area (Å²) < 4.78 is 0. The quantitative estimate of drug-likeness (QED) is 0.545. The highest BCUT2D eigenvalue weighted by Gasteiger charge is 2.16. The second-order valence-electron chi connectivity index (χ2n) is 5.65. The Kier molecular flexibility index (Phi) is 3.47. The lowest BCUT2D eigenvalue weighted by atomic mass is 10.1. The van der Waals surface area contributed by atoms with Crippen molar-refractivity contribution in [1.82, 2.24) is 9.97 Å². The van der Waals surface area contributed by atoms with Gasteiger partial charge in [-0.3, -0.25) is 9.78 Å². The van der Waals surface area contributed by atoms with Crippen LogP contribution in [0.25, 0.3) is 21.8 Å².